The standard InChI is InChI=1S/C65H59BN2O2S2/c1-35(2)42-29-49-59-50(30-42)68(61-38(5)27-44(28-39(61)6)54-32-41-18-14-16-20-52(41)70-54)63-58(48-34-46(65(10,11)12)22-24-56(48)72-63)66(59)57-47-33-45(64(7,8)9)21-23-55(47)71-62(57)67(49)60-36(3)25-43(26-37(60)4)53-31-40-17-13-15-19-51(40)69-53/h13-35H,1-12H3. The van der Waals surface area contributed by atoms with Gasteiger partial charge in [-0.1, -0.05) is 116 Å². The van der Waals surface area contributed by atoms with Crippen molar-refractivity contribution in [3.8, 4) is 22.6 Å². The van der Waals surface area contributed by atoms with Gasteiger partial charge in [0.2, 0.25) is 0 Å². The van der Waals surface area contributed by atoms with Crippen molar-refractivity contribution in [2.45, 2.75) is 99.8 Å². The van der Waals surface area contributed by atoms with E-state index in [1.807, 2.05) is 34.8 Å². The number of hydrogen-bond acceptors (Lipinski definition) is 6. The van der Waals surface area contributed by atoms with Crippen LogP contribution in [0.2, 0.25) is 0 Å². The Hall–Kier alpha value is -6.80. The summed E-state index contributed by atoms with van der Waals surface area (Å²) in [5.41, 5.74) is 22.0. The van der Waals surface area contributed by atoms with E-state index in [-0.39, 0.29) is 23.5 Å². The Morgan fingerprint density at radius 1 is 0.472 bits per heavy atom. The Kier molecular flexibility index (Phi) is 9.93. The number of fused-ring (bicyclic) bond motifs is 10. The van der Waals surface area contributed by atoms with Gasteiger partial charge in [-0.15, -0.1) is 22.7 Å². The molecule has 0 spiro atoms. The zero-order valence-electron chi connectivity index (χ0n) is 43.4. The summed E-state index contributed by atoms with van der Waals surface area (Å²) in [5.74, 6) is 2.06. The predicted molar refractivity (Wildman–Crippen MR) is 312 cm³/mol. The maximum atomic E-state index is 6.52. The maximum absolute atomic E-state index is 6.52. The molecule has 4 nitrogen and oxygen atoms in total. The van der Waals surface area contributed by atoms with E-state index in [0.717, 1.165) is 44.6 Å². The van der Waals surface area contributed by atoms with Crippen LogP contribution in [0.3, 0.4) is 0 Å². The van der Waals surface area contributed by atoms with Gasteiger partial charge in [0.15, 0.2) is 0 Å². The Morgan fingerprint density at radius 2 is 0.875 bits per heavy atom. The number of para-hydroxylation sites is 2. The predicted octanol–water partition coefficient (Wildman–Crippen LogP) is 18.0. The highest BCUT2D eigenvalue weighted by atomic mass is 32.1. The van der Waals surface area contributed by atoms with Crippen LogP contribution in [-0.2, 0) is 10.8 Å². The Morgan fingerprint density at radius 3 is 1.25 bits per heavy atom. The van der Waals surface area contributed by atoms with Crippen LogP contribution >= 0.6 is 22.7 Å². The van der Waals surface area contributed by atoms with Gasteiger partial charge in [-0.2, -0.15) is 0 Å². The van der Waals surface area contributed by atoms with Crippen LogP contribution < -0.4 is 26.2 Å². The summed E-state index contributed by atoms with van der Waals surface area (Å²) >= 11 is 3.90. The van der Waals surface area contributed by atoms with Crippen molar-refractivity contribution >= 4 is 121 Å². The van der Waals surface area contributed by atoms with E-state index in [0.29, 0.717) is 0 Å². The van der Waals surface area contributed by atoms with Crippen LogP contribution in [0.1, 0.15) is 100 Å². The molecule has 356 valence electrons. The second kappa shape index (κ2) is 15.9. The normalized spacial score (nSPS) is 13.6. The molecule has 0 fully saturated rings. The van der Waals surface area contributed by atoms with Crippen molar-refractivity contribution < 1.29 is 8.83 Å². The van der Waals surface area contributed by atoms with Gasteiger partial charge in [-0.25, -0.2) is 0 Å². The zero-order chi connectivity index (χ0) is 49.9. The minimum absolute atomic E-state index is 0.0208. The lowest BCUT2D eigenvalue weighted by Crippen LogP contribution is -2.60. The largest absolute Gasteiger partial charge is 0.456 e. The molecule has 0 saturated carbocycles. The number of anilines is 6. The van der Waals surface area contributed by atoms with Crippen molar-refractivity contribution in [1.82, 2.24) is 0 Å². The molecule has 4 aromatic heterocycles. The third kappa shape index (κ3) is 6.83. The molecule has 0 atom stereocenters. The van der Waals surface area contributed by atoms with Gasteiger partial charge in [0.1, 0.15) is 22.7 Å². The minimum atomic E-state index is -0.0267. The summed E-state index contributed by atoms with van der Waals surface area (Å²) in [7, 11) is 0. The van der Waals surface area contributed by atoms with Crippen LogP contribution in [0, 0.1) is 27.7 Å². The van der Waals surface area contributed by atoms with Crippen LogP contribution in [0.15, 0.2) is 142 Å². The minimum Gasteiger partial charge on any atom is -0.456 e. The molecule has 0 aliphatic carbocycles. The van der Waals surface area contributed by atoms with E-state index >= 15 is 0 Å². The van der Waals surface area contributed by atoms with Crippen molar-refractivity contribution in [1.29, 1.82) is 0 Å². The number of thiophene rings is 2. The summed E-state index contributed by atoms with van der Waals surface area (Å²) in [5, 5.41) is 7.54. The monoisotopic (exact) mass is 974 g/mol. The lowest BCUT2D eigenvalue weighted by atomic mass is 9.33. The molecule has 0 amide bonds. The maximum Gasteiger partial charge on any atom is 0.256 e. The van der Waals surface area contributed by atoms with Gasteiger partial charge in [0.05, 0.1) is 21.4 Å². The van der Waals surface area contributed by atoms with E-state index in [4.69, 9.17) is 8.83 Å². The fourth-order valence-corrected chi connectivity index (χ4v) is 14.4. The third-order valence-electron chi connectivity index (χ3n) is 15.6. The van der Waals surface area contributed by atoms with Crippen molar-refractivity contribution in [3.05, 3.63) is 172 Å². The van der Waals surface area contributed by atoms with Gasteiger partial charge >= 0.3 is 0 Å². The fraction of sp³-hybridized carbons (Fsp3) is 0.231. The number of aryl methyl sites for hydroxylation is 4. The van der Waals surface area contributed by atoms with E-state index in [2.05, 4.69) is 214 Å². The second-order valence-corrected chi connectivity index (χ2v) is 25.1. The molecule has 2 aliphatic rings. The molecule has 0 radical (unpaired) electrons. The topological polar surface area (TPSA) is 32.8 Å². The second-order valence-electron chi connectivity index (χ2n) is 23.0. The molecule has 2 aliphatic heterocycles. The first-order valence-corrected chi connectivity index (χ1v) is 27.2. The molecular weight excluding hydrogens is 916 g/mol. The van der Waals surface area contributed by atoms with Gasteiger partial charge in [-0.3, -0.25) is 0 Å². The highest BCUT2D eigenvalue weighted by Gasteiger charge is 2.48. The molecule has 72 heavy (non-hydrogen) atoms. The molecule has 6 heterocycles. The van der Waals surface area contributed by atoms with E-state index in [1.165, 1.54) is 108 Å². The molecule has 7 aromatic carbocycles. The van der Waals surface area contributed by atoms with E-state index < -0.39 is 0 Å². The molecule has 0 unspecified atom stereocenters. The average Bonchev–Trinajstić information content (AvgIpc) is 4.14. The Balaban J connectivity index is 1.13. The summed E-state index contributed by atoms with van der Waals surface area (Å²) < 4.78 is 15.7. The first kappa shape index (κ1) is 45.1. The number of nitrogens with zero attached hydrogens (tertiary/aromatic N) is 2. The van der Waals surface area contributed by atoms with Gasteiger partial charge in [-0.05, 0) is 183 Å². The number of rotatable bonds is 5. The van der Waals surface area contributed by atoms with E-state index in [9.17, 15) is 0 Å². The molecular formula is C65H59BN2O2S2. The van der Waals surface area contributed by atoms with Crippen molar-refractivity contribution in [3.63, 3.8) is 0 Å². The lowest BCUT2D eigenvalue weighted by Gasteiger charge is -2.44. The summed E-state index contributed by atoms with van der Waals surface area (Å²) in [6.07, 6.45) is 0. The Labute approximate surface area is 431 Å². The molecule has 0 N–H and O–H groups in total. The molecule has 0 saturated heterocycles. The third-order valence-corrected chi connectivity index (χ3v) is 17.9. The van der Waals surface area contributed by atoms with Gasteiger partial charge < -0.3 is 18.6 Å². The van der Waals surface area contributed by atoms with Gasteiger partial charge in [0, 0.05) is 42.7 Å². The first-order chi connectivity index (χ1) is 34.4. The number of hydrogen-bond donors (Lipinski definition) is 0. The highest BCUT2D eigenvalue weighted by molar-refractivity contribution is 7.29. The summed E-state index contributed by atoms with van der Waals surface area (Å²) in [6.45, 7) is 27.9. The van der Waals surface area contributed by atoms with Crippen molar-refractivity contribution in [2.75, 3.05) is 9.80 Å². The summed E-state index contributed by atoms with van der Waals surface area (Å²) in [6, 6.07) is 50.1. The van der Waals surface area contributed by atoms with Crippen molar-refractivity contribution in [2.24, 2.45) is 0 Å². The number of benzene rings is 7. The lowest BCUT2D eigenvalue weighted by molar-refractivity contribution is 0.591. The Bertz CT molecular complexity index is 3700. The van der Waals surface area contributed by atoms with Crippen LogP contribution in [-0.4, -0.2) is 6.71 Å². The van der Waals surface area contributed by atoms with Crippen LogP contribution in [0.5, 0.6) is 0 Å². The summed E-state index contributed by atoms with van der Waals surface area (Å²) in [4.78, 5) is 5.35. The average molecular weight is 975 g/mol. The quantitative estimate of drug-likeness (QED) is 0.161. The molecule has 0 bridgehead atoms. The SMILES string of the molecule is Cc1cc(-c2cc3ccccc3o2)cc(C)c1N1c2cc(C(C)C)cc3c2B(c2c1sc1ccc(C(C)(C)C)cc21)c1c(sc2ccc(C(C)(C)C)cc12)N3c1c(C)cc(-c2cc3ccccc3o2)cc1C. The smallest absolute Gasteiger partial charge is 0.256 e. The molecule has 7 heteroatoms. The van der Waals surface area contributed by atoms with E-state index in [1.54, 1.807) is 0 Å². The molecule has 11 aromatic rings. The fourth-order valence-electron chi connectivity index (χ4n) is 11.9. The first-order valence-electron chi connectivity index (χ1n) is 25.5. The molecule has 13 rings (SSSR count). The van der Waals surface area contributed by atoms with Crippen LogP contribution in [0.25, 0.3) is 64.8 Å². The van der Waals surface area contributed by atoms with Crippen LogP contribution in [0.4, 0.5) is 32.8 Å². The number of furan rings is 2. The highest BCUT2D eigenvalue weighted by Crippen LogP contribution is 2.54. The van der Waals surface area contributed by atoms with Gasteiger partial charge in [0.25, 0.3) is 6.71 Å². The zero-order valence-corrected chi connectivity index (χ0v) is 45.0.